The molecule has 0 aromatic rings. The van der Waals surface area contributed by atoms with Crippen molar-refractivity contribution in [1.82, 2.24) is 0 Å². The highest BCUT2D eigenvalue weighted by molar-refractivity contribution is 6.91. The van der Waals surface area contributed by atoms with Gasteiger partial charge in [-0.05, 0) is 118 Å². The Morgan fingerprint density at radius 2 is 0.432 bits per heavy atom. The lowest BCUT2D eigenvalue weighted by atomic mass is 11.8. The predicted octanol–water partition coefficient (Wildman–Crippen LogP) is 5.42. The third-order valence-electron chi connectivity index (χ3n) is 3.83. The van der Waals surface area contributed by atoms with E-state index in [1.165, 1.54) is 0 Å². The molecule has 0 saturated carbocycles. The Bertz CT molecular complexity index is 687. The Labute approximate surface area is 236 Å². The molecule has 0 spiro atoms. The number of hydrogen-bond acceptors (Lipinski definition) is 10. The number of rotatable bonds is 16. The Hall–Kier alpha value is 1.55. The highest BCUT2D eigenvalue weighted by atomic mass is 28.5. The molecule has 0 radical (unpaired) electrons. The van der Waals surface area contributed by atoms with Crippen molar-refractivity contribution in [3.63, 3.8) is 0 Å². The Balaban J connectivity index is 5.36. The van der Waals surface area contributed by atoms with Gasteiger partial charge in [0.25, 0.3) is 0 Å². The lowest BCUT2D eigenvalue weighted by Gasteiger charge is -2.42. The van der Waals surface area contributed by atoms with Gasteiger partial charge >= 0.3 is 60.4 Å². The van der Waals surface area contributed by atoms with Crippen LogP contribution in [0.2, 0.25) is 118 Å². The molecule has 224 valence electrons. The molecule has 0 aliphatic carbocycles. The van der Waals surface area contributed by atoms with Crippen molar-refractivity contribution in [1.29, 1.82) is 0 Å². The zero-order valence-corrected chi connectivity index (χ0v) is 35.7. The molecule has 0 heterocycles. The van der Waals surface area contributed by atoms with Crippen molar-refractivity contribution in [2.45, 2.75) is 118 Å². The first-order valence-corrected chi connectivity index (χ1v) is 38.1. The van der Waals surface area contributed by atoms with Gasteiger partial charge in [0.15, 0.2) is 16.6 Å². The van der Waals surface area contributed by atoms with Crippen molar-refractivity contribution in [3.05, 3.63) is 0 Å². The smallest absolute Gasteiger partial charge is 0.437 e. The molecule has 0 aliphatic rings. The van der Waals surface area contributed by atoms with Crippen molar-refractivity contribution in [2.75, 3.05) is 0 Å². The molecule has 37 heavy (non-hydrogen) atoms. The maximum absolute atomic E-state index is 10.8. The zero-order valence-electron chi connectivity index (χ0n) is 26.7. The Kier molecular flexibility index (Phi) is 12.9. The van der Waals surface area contributed by atoms with Gasteiger partial charge in [0.2, 0.25) is 0 Å². The zero-order chi connectivity index (χ0) is 30.2. The summed E-state index contributed by atoms with van der Waals surface area (Å²) in [5, 5.41) is 0. The van der Waals surface area contributed by atoms with Crippen LogP contribution in [0, 0.1) is 0 Å². The van der Waals surface area contributed by atoms with Crippen LogP contribution in [0.25, 0.3) is 0 Å². The average molecular weight is 685 g/mol. The summed E-state index contributed by atoms with van der Waals surface area (Å²) in [4.78, 5) is 21.7. The van der Waals surface area contributed by atoms with Crippen molar-refractivity contribution >= 4 is 77.0 Å². The fourth-order valence-corrected chi connectivity index (χ4v) is 44.3. The minimum absolute atomic E-state index is 1.76. The van der Waals surface area contributed by atoms with Crippen LogP contribution in [0.1, 0.15) is 0 Å². The lowest BCUT2D eigenvalue weighted by Crippen LogP contribution is -2.63. The van der Waals surface area contributed by atoms with E-state index in [4.69, 9.17) is 32.9 Å². The molecule has 10 nitrogen and oxygen atoms in total. The van der Waals surface area contributed by atoms with E-state index in [1.807, 2.05) is 52.4 Å². The predicted molar refractivity (Wildman–Crippen MR) is 170 cm³/mol. The largest absolute Gasteiger partial charge is 0.655 e. The molecular weight excluding hydrogens is 629 g/mol. The summed E-state index contributed by atoms with van der Waals surface area (Å²) in [6.45, 7) is 35.5. The van der Waals surface area contributed by atoms with Crippen LogP contribution < -0.4 is 0 Å². The highest BCUT2D eigenvalue weighted by Crippen LogP contribution is 2.28. The monoisotopic (exact) mass is 684 g/mol. The SMILES string of the molecule is C[Si](C)(C)O[Si](C)(C)O[Si](C)(C)O[Si](C)(C)O[Si](O)(O)O[Si](C)(C)O[Si](C)(C)O[Si](C)(C)O[Si](C)(C)C. The summed E-state index contributed by atoms with van der Waals surface area (Å²) in [6.07, 6.45) is 0. The van der Waals surface area contributed by atoms with Crippen molar-refractivity contribution in [3.8, 4) is 0 Å². The third kappa shape index (κ3) is 19.3. The summed E-state index contributed by atoms with van der Waals surface area (Å²) in [5.74, 6) is 0. The lowest BCUT2D eigenvalue weighted by molar-refractivity contribution is 0.105. The summed E-state index contributed by atoms with van der Waals surface area (Å²) >= 11 is 0. The molecule has 2 N–H and O–H groups in total. The maximum atomic E-state index is 10.8. The van der Waals surface area contributed by atoms with Gasteiger partial charge in [-0.25, -0.2) is 0 Å². The minimum Gasteiger partial charge on any atom is -0.437 e. The van der Waals surface area contributed by atoms with Crippen molar-refractivity contribution < 1.29 is 42.5 Å². The quantitative estimate of drug-likeness (QED) is 0.204. The van der Waals surface area contributed by atoms with Gasteiger partial charge in [-0.3, -0.25) is 0 Å². The highest BCUT2D eigenvalue weighted by Gasteiger charge is 2.54. The molecule has 0 saturated heterocycles. The summed E-state index contributed by atoms with van der Waals surface area (Å²) < 4.78 is 49.6. The van der Waals surface area contributed by atoms with Crippen LogP contribution in [0.4, 0.5) is 0 Å². The molecule has 0 aromatic carbocycles. The van der Waals surface area contributed by atoms with E-state index < -0.39 is 77.0 Å². The average Bonchev–Trinajstić information content (AvgIpc) is 2.29. The van der Waals surface area contributed by atoms with E-state index in [2.05, 4.69) is 39.3 Å². The van der Waals surface area contributed by atoms with E-state index in [0.29, 0.717) is 0 Å². The Morgan fingerprint density at radius 3 is 0.622 bits per heavy atom. The summed E-state index contributed by atoms with van der Waals surface area (Å²) in [5.41, 5.74) is 0. The molecule has 0 unspecified atom stereocenters. The molecule has 0 aliphatic heterocycles. The third-order valence-corrected chi connectivity index (χ3v) is 34.4. The second-order valence-corrected chi connectivity index (χ2v) is 46.9. The molecule has 19 heteroatoms. The van der Waals surface area contributed by atoms with Crippen LogP contribution >= 0.6 is 0 Å². The minimum atomic E-state index is -4.59. The summed E-state index contributed by atoms with van der Waals surface area (Å²) in [6, 6.07) is 0. The molecule has 0 bridgehead atoms. The van der Waals surface area contributed by atoms with Gasteiger partial charge in [-0.1, -0.05) is 0 Å². The topological polar surface area (TPSA) is 114 Å². The molecule has 0 fully saturated rings. The molecule has 0 aromatic heterocycles. The van der Waals surface area contributed by atoms with Gasteiger partial charge in [-0.15, -0.1) is 0 Å². The normalized spacial score (nSPS) is 15.9. The van der Waals surface area contributed by atoms with Crippen LogP contribution in [0.3, 0.4) is 0 Å². The first-order chi connectivity index (χ1) is 15.7. The van der Waals surface area contributed by atoms with Gasteiger partial charge in [0.05, 0.1) is 0 Å². The van der Waals surface area contributed by atoms with Crippen LogP contribution in [-0.2, 0) is 32.9 Å². The molecule has 0 rings (SSSR count). The van der Waals surface area contributed by atoms with E-state index in [0.717, 1.165) is 0 Å². The molecular formula is C18H56O10Si9. The van der Waals surface area contributed by atoms with Gasteiger partial charge in [0, 0.05) is 0 Å². The van der Waals surface area contributed by atoms with E-state index in [9.17, 15) is 9.59 Å². The standard InChI is InChI=1S/C18H56O10Si9/c1-29(2,3)21-31(7,8)23-33(11,12)25-35(15,16)27-37(19,20)28-36(17,18)26-34(13,14)24-32(9,10)22-30(4,5)6/h19-20H,1-18H3. The van der Waals surface area contributed by atoms with Crippen LogP contribution in [-0.4, -0.2) is 86.6 Å². The second kappa shape index (κ2) is 12.4. The number of hydrogen-bond donors (Lipinski definition) is 2. The van der Waals surface area contributed by atoms with Crippen molar-refractivity contribution in [2.24, 2.45) is 0 Å². The molecule has 0 atom stereocenters. The molecule has 0 amide bonds. The summed E-state index contributed by atoms with van der Waals surface area (Å²) in [7, 11) is -24.6. The first-order valence-electron chi connectivity index (χ1n) is 12.7. The van der Waals surface area contributed by atoms with Gasteiger partial charge in [0.1, 0.15) is 0 Å². The van der Waals surface area contributed by atoms with Gasteiger partial charge < -0.3 is 42.5 Å². The Morgan fingerprint density at radius 1 is 0.270 bits per heavy atom. The van der Waals surface area contributed by atoms with E-state index in [-0.39, 0.29) is 0 Å². The fraction of sp³-hybridized carbons (Fsp3) is 1.00. The van der Waals surface area contributed by atoms with Gasteiger partial charge in [-0.2, -0.15) is 0 Å². The fourth-order valence-electron chi connectivity index (χ4n) is 4.63. The van der Waals surface area contributed by atoms with Crippen LogP contribution in [0.15, 0.2) is 0 Å². The van der Waals surface area contributed by atoms with Crippen LogP contribution in [0.5, 0.6) is 0 Å². The first kappa shape index (κ1) is 38.6. The maximum Gasteiger partial charge on any atom is 0.655 e. The van der Waals surface area contributed by atoms with E-state index in [1.54, 1.807) is 26.2 Å². The second-order valence-electron chi connectivity index (χ2n) is 14.0. The van der Waals surface area contributed by atoms with E-state index >= 15 is 0 Å².